The quantitative estimate of drug-likeness (QED) is 0.341. The molecule has 3 N–H and O–H groups in total. The smallest absolute Gasteiger partial charge is 0.341 e. The molecule has 0 saturated carbocycles. The van der Waals surface area contributed by atoms with E-state index in [1.807, 2.05) is 0 Å². The summed E-state index contributed by atoms with van der Waals surface area (Å²) in [6.07, 6.45) is 0.0403. The molecule has 0 saturated heterocycles. The van der Waals surface area contributed by atoms with E-state index in [2.05, 4.69) is 10.3 Å². The first kappa shape index (κ1) is 19.4. The molecule has 11 heteroatoms. The molecule has 1 amide bonds. The van der Waals surface area contributed by atoms with Crippen LogP contribution >= 0.6 is 23.2 Å². The highest BCUT2D eigenvalue weighted by Crippen LogP contribution is 2.23. The Morgan fingerprint density at radius 1 is 1.35 bits per heavy atom. The standard InChI is InChI=1S/C15H12Cl2N4O5/c1-7(14(22)20-13-11(17)4-8(16)6-19-13)26-15(23)10-5-9(21(24)25)2-3-12(10)18/h2-7H,18H2,1H3,(H,19,20,22)/t7-/m0/s1. The number of ether oxygens (including phenoxy) is 1. The maximum atomic E-state index is 12.2. The number of nitrogens with one attached hydrogen (secondary N) is 1. The maximum absolute atomic E-state index is 12.2. The van der Waals surface area contributed by atoms with Crippen molar-refractivity contribution in [3.05, 3.63) is 56.2 Å². The van der Waals surface area contributed by atoms with Crippen molar-refractivity contribution in [2.45, 2.75) is 13.0 Å². The monoisotopic (exact) mass is 398 g/mol. The summed E-state index contributed by atoms with van der Waals surface area (Å²) >= 11 is 11.6. The van der Waals surface area contributed by atoms with Crippen LogP contribution < -0.4 is 11.1 Å². The molecule has 0 aliphatic carbocycles. The second kappa shape index (κ2) is 7.98. The SMILES string of the molecule is C[C@H](OC(=O)c1cc([N+](=O)[O-])ccc1N)C(=O)Nc1ncc(Cl)cc1Cl. The number of hydrogen-bond acceptors (Lipinski definition) is 7. The van der Waals surface area contributed by atoms with Crippen LogP contribution in [0.25, 0.3) is 0 Å². The number of anilines is 2. The highest BCUT2D eigenvalue weighted by Gasteiger charge is 2.23. The zero-order valence-corrected chi connectivity index (χ0v) is 14.7. The van der Waals surface area contributed by atoms with E-state index < -0.39 is 22.9 Å². The van der Waals surface area contributed by atoms with Gasteiger partial charge in [-0.05, 0) is 19.1 Å². The Morgan fingerprint density at radius 2 is 2.04 bits per heavy atom. The molecule has 1 aromatic carbocycles. The molecule has 1 aromatic heterocycles. The molecule has 2 rings (SSSR count). The highest BCUT2D eigenvalue weighted by molar-refractivity contribution is 6.36. The molecule has 2 aromatic rings. The number of non-ortho nitro benzene ring substituents is 1. The van der Waals surface area contributed by atoms with Crippen molar-refractivity contribution in [3.8, 4) is 0 Å². The summed E-state index contributed by atoms with van der Waals surface area (Å²) in [6.45, 7) is 1.31. The van der Waals surface area contributed by atoms with Crippen molar-refractivity contribution in [1.29, 1.82) is 0 Å². The van der Waals surface area contributed by atoms with Crippen molar-refractivity contribution in [1.82, 2.24) is 4.98 Å². The van der Waals surface area contributed by atoms with Crippen molar-refractivity contribution >= 4 is 52.3 Å². The number of nitrogens with two attached hydrogens (primary N) is 1. The Labute approximate surface area is 157 Å². The van der Waals surface area contributed by atoms with E-state index in [9.17, 15) is 19.7 Å². The molecule has 0 aliphatic rings. The summed E-state index contributed by atoms with van der Waals surface area (Å²) in [7, 11) is 0. The first-order valence-corrected chi connectivity index (χ1v) is 7.81. The van der Waals surface area contributed by atoms with E-state index in [-0.39, 0.29) is 32.8 Å². The number of benzene rings is 1. The first-order valence-electron chi connectivity index (χ1n) is 7.06. The predicted octanol–water partition coefficient (Wildman–Crippen LogP) is 3.06. The normalized spacial score (nSPS) is 11.5. The van der Waals surface area contributed by atoms with Crippen LogP contribution in [0.1, 0.15) is 17.3 Å². The fraction of sp³-hybridized carbons (Fsp3) is 0.133. The molecular weight excluding hydrogens is 387 g/mol. The van der Waals surface area contributed by atoms with E-state index in [1.54, 1.807) is 0 Å². The van der Waals surface area contributed by atoms with E-state index >= 15 is 0 Å². The third kappa shape index (κ3) is 4.58. The van der Waals surface area contributed by atoms with E-state index in [1.165, 1.54) is 25.3 Å². The number of carbonyl (C=O) groups excluding carboxylic acids is 2. The molecule has 1 atom stereocenters. The third-order valence-corrected chi connectivity index (χ3v) is 3.66. The number of nitro groups is 1. The zero-order valence-electron chi connectivity index (χ0n) is 13.2. The van der Waals surface area contributed by atoms with Gasteiger partial charge >= 0.3 is 5.97 Å². The molecule has 0 spiro atoms. The Bertz CT molecular complexity index is 890. The number of rotatable bonds is 5. The first-order chi connectivity index (χ1) is 12.2. The summed E-state index contributed by atoms with van der Waals surface area (Å²) in [5, 5.41) is 13.6. The van der Waals surface area contributed by atoms with Gasteiger partial charge in [-0.25, -0.2) is 9.78 Å². The topological polar surface area (TPSA) is 137 Å². The number of esters is 1. The molecule has 0 radical (unpaired) electrons. The lowest BCUT2D eigenvalue weighted by Crippen LogP contribution is -2.30. The maximum Gasteiger partial charge on any atom is 0.341 e. The van der Waals surface area contributed by atoms with Gasteiger partial charge in [0.25, 0.3) is 11.6 Å². The van der Waals surface area contributed by atoms with Crippen LogP contribution in [0.5, 0.6) is 0 Å². The van der Waals surface area contributed by atoms with Crippen LogP contribution in [0.3, 0.4) is 0 Å². The lowest BCUT2D eigenvalue weighted by Gasteiger charge is -2.14. The zero-order chi connectivity index (χ0) is 19.4. The van der Waals surface area contributed by atoms with E-state index in [0.29, 0.717) is 0 Å². The lowest BCUT2D eigenvalue weighted by atomic mass is 10.1. The molecule has 0 unspecified atom stereocenters. The van der Waals surface area contributed by atoms with Gasteiger partial charge in [-0.2, -0.15) is 0 Å². The highest BCUT2D eigenvalue weighted by atomic mass is 35.5. The molecule has 1 heterocycles. The number of carbonyl (C=O) groups is 2. The summed E-state index contributed by atoms with van der Waals surface area (Å²) in [4.78, 5) is 38.2. The van der Waals surface area contributed by atoms with Gasteiger partial charge < -0.3 is 15.8 Å². The van der Waals surface area contributed by atoms with Gasteiger partial charge in [-0.3, -0.25) is 14.9 Å². The fourth-order valence-electron chi connectivity index (χ4n) is 1.84. The van der Waals surface area contributed by atoms with Crippen molar-refractivity contribution in [2.24, 2.45) is 0 Å². The molecule has 0 bridgehead atoms. The number of nitrogen functional groups attached to an aromatic ring is 1. The van der Waals surface area contributed by atoms with Crippen LogP contribution in [0.15, 0.2) is 30.5 Å². The molecule has 9 nitrogen and oxygen atoms in total. The molecule has 136 valence electrons. The Balaban J connectivity index is 2.10. The number of nitrogens with zero attached hydrogens (tertiary/aromatic N) is 2. The van der Waals surface area contributed by atoms with Crippen molar-refractivity contribution < 1.29 is 19.2 Å². The predicted molar refractivity (Wildman–Crippen MR) is 95.3 cm³/mol. The number of amides is 1. The van der Waals surface area contributed by atoms with Gasteiger partial charge in [-0.15, -0.1) is 0 Å². The summed E-state index contributed by atoms with van der Waals surface area (Å²) in [6, 6.07) is 4.71. The molecular formula is C15H12Cl2N4O5. The van der Waals surface area contributed by atoms with Gasteiger partial charge in [-0.1, -0.05) is 23.2 Å². The van der Waals surface area contributed by atoms with Crippen LogP contribution in [-0.4, -0.2) is 27.9 Å². The van der Waals surface area contributed by atoms with Crippen LogP contribution in [0, 0.1) is 10.1 Å². The Morgan fingerprint density at radius 3 is 2.65 bits per heavy atom. The third-order valence-electron chi connectivity index (χ3n) is 3.17. The van der Waals surface area contributed by atoms with E-state index in [0.717, 1.165) is 12.1 Å². The van der Waals surface area contributed by atoms with Gasteiger partial charge in [0, 0.05) is 24.0 Å². The van der Waals surface area contributed by atoms with Gasteiger partial charge in [0.05, 0.1) is 20.5 Å². The lowest BCUT2D eigenvalue weighted by molar-refractivity contribution is -0.384. The van der Waals surface area contributed by atoms with Crippen LogP contribution in [-0.2, 0) is 9.53 Å². The minimum atomic E-state index is -1.24. The number of pyridine rings is 1. The summed E-state index contributed by atoms with van der Waals surface area (Å²) < 4.78 is 5.00. The average molecular weight is 399 g/mol. The Kier molecular flexibility index (Phi) is 5.96. The largest absolute Gasteiger partial charge is 0.449 e. The van der Waals surface area contributed by atoms with E-state index in [4.69, 9.17) is 33.7 Å². The van der Waals surface area contributed by atoms with Crippen molar-refractivity contribution in [2.75, 3.05) is 11.1 Å². The number of nitro benzene ring substituents is 1. The molecule has 26 heavy (non-hydrogen) atoms. The van der Waals surface area contributed by atoms with Gasteiger partial charge in [0.15, 0.2) is 11.9 Å². The minimum absolute atomic E-state index is 0.0179. The average Bonchev–Trinajstić information content (AvgIpc) is 2.57. The summed E-state index contributed by atoms with van der Waals surface area (Å²) in [5.74, 6) is -1.65. The second-order valence-corrected chi connectivity index (χ2v) is 5.89. The van der Waals surface area contributed by atoms with Gasteiger partial charge in [0.2, 0.25) is 0 Å². The molecule has 0 aliphatic heterocycles. The molecule has 0 fully saturated rings. The minimum Gasteiger partial charge on any atom is -0.449 e. The number of halogens is 2. The summed E-state index contributed by atoms with van der Waals surface area (Å²) in [5.41, 5.74) is 5.06. The van der Waals surface area contributed by atoms with Crippen LogP contribution in [0.4, 0.5) is 17.2 Å². The van der Waals surface area contributed by atoms with Gasteiger partial charge in [0.1, 0.15) is 0 Å². The second-order valence-electron chi connectivity index (χ2n) is 5.05. The fourth-order valence-corrected chi connectivity index (χ4v) is 2.26. The Hall–Kier alpha value is -2.91. The number of aromatic nitrogens is 1. The number of hydrogen-bond donors (Lipinski definition) is 2. The van der Waals surface area contributed by atoms with Crippen LogP contribution in [0.2, 0.25) is 10.0 Å². The van der Waals surface area contributed by atoms with Crippen molar-refractivity contribution in [3.63, 3.8) is 0 Å².